The van der Waals surface area contributed by atoms with Gasteiger partial charge in [-0.2, -0.15) is 5.10 Å². The van der Waals surface area contributed by atoms with Crippen LogP contribution in [0, 0.1) is 6.92 Å². The number of aromatic nitrogens is 1. The van der Waals surface area contributed by atoms with E-state index in [2.05, 4.69) is 32.7 Å². The van der Waals surface area contributed by atoms with Crippen molar-refractivity contribution in [2.75, 3.05) is 11.9 Å². The van der Waals surface area contributed by atoms with Gasteiger partial charge in [0.2, 0.25) is 0 Å². The van der Waals surface area contributed by atoms with Crippen molar-refractivity contribution >= 4 is 57.3 Å². The summed E-state index contributed by atoms with van der Waals surface area (Å²) >= 11 is 12.6. The first-order valence-electron chi connectivity index (χ1n) is 6.77. The largest absolute Gasteiger partial charge is 0.358 e. The number of para-hydroxylation sites is 1. The molecule has 0 fully saturated rings. The quantitative estimate of drug-likeness (QED) is 0.314. The average Bonchev–Trinajstić information content (AvgIpc) is 2.87. The smallest absolute Gasteiger partial charge is 0.189 e. The minimum Gasteiger partial charge on any atom is -0.358 e. The van der Waals surface area contributed by atoms with Crippen LogP contribution in [0.5, 0.6) is 0 Å². The first kappa shape index (κ1) is 17.4. The summed E-state index contributed by atoms with van der Waals surface area (Å²) in [6.45, 7) is 6.20. The van der Waals surface area contributed by atoms with Crippen LogP contribution in [0.25, 0.3) is 0 Å². The number of anilines is 2. The lowest BCUT2D eigenvalue weighted by molar-refractivity contribution is 0.942. The third-order valence-electron chi connectivity index (χ3n) is 2.75. The Labute approximate surface area is 149 Å². The van der Waals surface area contributed by atoms with E-state index in [1.165, 1.54) is 11.3 Å². The summed E-state index contributed by atoms with van der Waals surface area (Å²) < 4.78 is 0. The minimum atomic E-state index is 0.390. The van der Waals surface area contributed by atoms with Crippen LogP contribution in [0.4, 0.5) is 10.8 Å². The van der Waals surface area contributed by atoms with Gasteiger partial charge in [-0.15, -0.1) is 6.58 Å². The Hall–Kier alpha value is -1.96. The second-order valence-corrected chi connectivity index (χ2v) is 6.28. The fraction of sp³-hybridized carbons (Fsp3) is 0.133. The zero-order valence-electron chi connectivity index (χ0n) is 12.5. The lowest BCUT2D eigenvalue weighted by Gasteiger charge is -2.05. The van der Waals surface area contributed by atoms with Gasteiger partial charge in [0.15, 0.2) is 15.4 Å². The van der Waals surface area contributed by atoms with E-state index in [9.17, 15) is 0 Å². The summed E-state index contributed by atoms with van der Waals surface area (Å²) in [5.74, 6) is 0. The molecule has 0 aliphatic heterocycles. The van der Waals surface area contributed by atoms with Crippen molar-refractivity contribution in [3.8, 4) is 0 Å². The van der Waals surface area contributed by atoms with Crippen molar-refractivity contribution in [2.24, 2.45) is 5.10 Å². The summed E-state index contributed by atoms with van der Waals surface area (Å²) in [5.41, 5.74) is 4.83. The number of aryl methyl sites for hydroxylation is 1. The van der Waals surface area contributed by atoms with Crippen LogP contribution in [0.1, 0.15) is 10.4 Å². The molecule has 0 aliphatic carbocycles. The fourth-order valence-electron chi connectivity index (χ4n) is 1.63. The first-order chi connectivity index (χ1) is 11.1. The Morgan fingerprint density at radius 3 is 3.00 bits per heavy atom. The van der Waals surface area contributed by atoms with E-state index in [4.69, 9.17) is 23.8 Å². The van der Waals surface area contributed by atoms with E-state index >= 15 is 0 Å². The van der Waals surface area contributed by atoms with E-state index in [1.807, 2.05) is 31.2 Å². The number of halogens is 1. The molecule has 0 radical (unpaired) electrons. The van der Waals surface area contributed by atoms with Gasteiger partial charge < -0.3 is 10.6 Å². The highest BCUT2D eigenvalue weighted by atomic mass is 35.5. The Bertz CT molecular complexity index is 726. The molecule has 0 spiro atoms. The third kappa shape index (κ3) is 5.31. The van der Waals surface area contributed by atoms with Crippen LogP contribution < -0.4 is 16.1 Å². The number of hydrogen-bond acceptors (Lipinski definition) is 5. The molecular formula is C15H16ClN5S2. The molecule has 0 saturated carbocycles. The molecule has 0 unspecified atom stereocenters. The summed E-state index contributed by atoms with van der Waals surface area (Å²) in [7, 11) is 0. The lowest BCUT2D eigenvalue weighted by atomic mass is 10.2. The molecule has 0 aliphatic rings. The predicted molar refractivity (Wildman–Crippen MR) is 103 cm³/mol. The van der Waals surface area contributed by atoms with E-state index in [-0.39, 0.29) is 0 Å². The van der Waals surface area contributed by atoms with Gasteiger partial charge in [0.05, 0.1) is 11.1 Å². The maximum absolute atomic E-state index is 6.13. The molecule has 2 rings (SSSR count). The van der Waals surface area contributed by atoms with Crippen molar-refractivity contribution in [3.05, 3.63) is 52.5 Å². The topological polar surface area (TPSA) is 61.3 Å². The van der Waals surface area contributed by atoms with Crippen LogP contribution in [0.3, 0.4) is 0 Å². The molecule has 2 aromatic rings. The number of hydrogen-bond donors (Lipinski definition) is 3. The van der Waals surface area contributed by atoms with Gasteiger partial charge in [-0.1, -0.05) is 47.2 Å². The Kier molecular flexibility index (Phi) is 6.52. The van der Waals surface area contributed by atoms with Crippen molar-refractivity contribution < 1.29 is 0 Å². The summed E-state index contributed by atoms with van der Waals surface area (Å²) in [4.78, 5) is 5.02. The molecule has 1 heterocycles. The minimum absolute atomic E-state index is 0.390. The Morgan fingerprint density at radius 2 is 2.26 bits per heavy atom. The second kappa shape index (κ2) is 8.61. The first-order valence-corrected chi connectivity index (χ1v) is 8.37. The van der Waals surface area contributed by atoms with Crippen molar-refractivity contribution in [3.63, 3.8) is 0 Å². The molecule has 5 nitrogen and oxygen atoms in total. The molecule has 1 aromatic heterocycles. The van der Waals surface area contributed by atoms with Crippen LogP contribution >= 0.6 is 35.2 Å². The van der Waals surface area contributed by atoms with Crippen LogP contribution in [0.15, 0.2) is 42.0 Å². The number of thiocarbonyl (C=S) groups is 1. The maximum Gasteiger partial charge on any atom is 0.189 e. The Morgan fingerprint density at radius 1 is 1.48 bits per heavy atom. The molecule has 0 amide bonds. The van der Waals surface area contributed by atoms with Gasteiger partial charge in [0, 0.05) is 12.2 Å². The molecule has 0 atom stereocenters. The van der Waals surface area contributed by atoms with Gasteiger partial charge in [0.25, 0.3) is 0 Å². The summed E-state index contributed by atoms with van der Waals surface area (Å²) in [6.07, 6.45) is 3.30. The second-order valence-electron chi connectivity index (χ2n) is 4.48. The normalized spacial score (nSPS) is 10.5. The Balaban J connectivity index is 1.99. The summed E-state index contributed by atoms with van der Waals surface area (Å²) in [5, 5.41) is 11.7. The number of nitrogens with zero attached hydrogens (tertiary/aromatic N) is 2. The van der Waals surface area contributed by atoms with Gasteiger partial charge in [-0.05, 0) is 30.8 Å². The number of benzene rings is 1. The van der Waals surface area contributed by atoms with E-state index in [0.717, 1.165) is 16.1 Å². The third-order valence-corrected chi connectivity index (χ3v) is 4.29. The molecular weight excluding hydrogens is 350 g/mol. The van der Waals surface area contributed by atoms with E-state index in [1.54, 1.807) is 12.3 Å². The van der Waals surface area contributed by atoms with Crippen molar-refractivity contribution in [1.29, 1.82) is 0 Å². The predicted octanol–water partition coefficient (Wildman–Crippen LogP) is 3.83. The van der Waals surface area contributed by atoms with Gasteiger partial charge >= 0.3 is 0 Å². The molecule has 0 bridgehead atoms. The molecule has 0 saturated heterocycles. The molecule has 23 heavy (non-hydrogen) atoms. The molecule has 1 aromatic carbocycles. The SMILES string of the molecule is C=CCNC(=S)N/N=C/c1sc(Nc2ccccc2C)nc1Cl. The van der Waals surface area contributed by atoms with Crippen molar-refractivity contribution in [2.45, 2.75) is 6.92 Å². The number of thiazole rings is 1. The number of rotatable bonds is 6. The van der Waals surface area contributed by atoms with Gasteiger partial charge in [0.1, 0.15) is 0 Å². The molecule has 8 heteroatoms. The fourth-order valence-corrected chi connectivity index (χ4v) is 2.81. The van der Waals surface area contributed by atoms with Crippen LogP contribution in [-0.4, -0.2) is 22.9 Å². The van der Waals surface area contributed by atoms with Crippen LogP contribution in [0.2, 0.25) is 5.15 Å². The maximum atomic E-state index is 6.13. The van der Waals surface area contributed by atoms with E-state index < -0.39 is 0 Å². The van der Waals surface area contributed by atoms with E-state index in [0.29, 0.717) is 21.9 Å². The molecule has 120 valence electrons. The van der Waals surface area contributed by atoms with Crippen LogP contribution in [-0.2, 0) is 0 Å². The van der Waals surface area contributed by atoms with Gasteiger partial charge in [-0.3, -0.25) is 5.43 Å². The lowest BCUT2D eigenvalue weighted by Crippen LogP contribution is -2.31. The number of hydrazone groups is 1. The highest BCUT2D eigenvalue weighted by Crippen LogP contribution is 2.28. The van der Waals surface area contributed by atoms with Gasteiger partial charge in [-0.25, -0.2) is 4.98 Å². The summed E-state index contributed by atoms with van der Waals surface area (Å²) in [6, 6.07) is 7.97. The number of nitrogens with one attached hydrogen (secondary N) is 3. The highest BCUT2D eigenvalue weighted by Gasteiger charge is 2.08. The standard InChI is InChI=1S/C15H16ClN5S2/c1-3-8-17-14(22)21-18-9-12-13(16)20-15(23-12)19-11-7-5-4-6-10(11)2/h3-7,9H,1,8H2,2H3,(H,19,20)(H2,17,21,22)/b18-9+. The van der Waals surface area contributed by atoms with Crippen molar-refractivity contribution in [1.82, 2.24) is 15.7 Å². The zero-order valence-corrected chi connectivity index (χ0v) is 14.9. The zero-order chi connectivity index (χ0) is 16.7. The highest BCUT2D eigenvalue weighted by molar-refractivity contribution is 7.80. The average molecular weight is 366 g/mol. The molecule has 3 N–H and O–H groups in total. The monoisotopic (exact) mass is 365 g/mol.